The van der Waals surface area contributed by atoms with Gasteiger partial charge in [0.2, 0.25) is 5.91 Å². The van der Waals surface area contributed by atoms with Gasteiger partial charge in [0.1, 0.15) is 18.1 Å². The van der Waals surface area contributed by atoms with Crippen LogP contribution in [0.1, 0.15) is 11.1 Å². The molecule has 1 N–H and O–H groups in total. The Bertz CT molecular complexity index is 1070. The van der Waals surface area contributed by atoms with Crippen LogP contribution in [0.15, 0.2) is 60.7 Å². The SMILES string of the molecule is COc1ccc(CCN2CC34C=CC(O3)C(C(=O)O)C4C2=O)cc1OCc1ccccc1. The van der Waals surface area contributed by atoms with Crippen LogP contribution in [0.25, 0.3) is 0 Å². The van der Waals surface area contributed by atoms with Gasteiger partial charge in [-0.2, -0.15) is 0 Å². The molecule has 7 heteroatoms. The summed E-state index contributed by atoms with van der Waals surface area (Å²) in [4.78, 5) is 26.5. The van der Waals surface area contributed by atoms with Gasteiger partial charge in [0.15, 0.2) is 11.5 Å². The van der Waals surface area contributed by atoms with Crippen LogP contribution in [0.2, 0.25) is 0 Å². The van der Waals surface area contributed by atoms with Gasteiger partial charge >= 0.3 is 5.97 Å². The van der Waals surface area contributed by atoms with Crippen LogP contribution in [0.4, 0.5) is 0 Å². The van der Waals surface area contributed by atoms with Crippen molar-refractivity contribution in [3.05, 3.63) is 71.8 Å². The lowest BCUT2D eigenvalue weighted by molar-refractivity contribution is -0.148. The van der Waals surface area contributed by atoms with Gasteiger partial charge in [-0.15, -0.1) is 0 Å². The fourth-order valence-corrected chi connectivity index (χ4v) is 5.04. The molecule has 0 aromatic heterocycles. The van der Waals surface area contributed by atoms with Crippen molar-refractivity contribution in [3.8, 4) is 11.5 Å². The van der Waals surface area contributed by atoms with E-state index in [2.05, 4.69) is 0 Å². The molecule has 2 aromatic rings. The first-order valence-electron chi connectivity index (χ1n) is 10.7. The zero-order chi connectivity index (χ0) is 22.3. The van der Waals surface area contributed by atoms with E-state index in [1.807, 2.05) is 54.6 Å². The number of amides is 1. The van der Waals surface area contributed by atoms with E-state index in [-0.39, 0.29) is 5.91 Å². The predicted molar refractivity (Wildman–Crippen MR) is 115 cm³/mol. The molecule has 0 radical (unpaired) electrons. The Balaban J connectivity index is 1.27. The molecule has 2 saturated heterocycles. The number of carbonyl (C=O) groups excluding carboxylic acids is 1. The van der Waals surface area contributed by atoms with Crippen LogP contribution in [-0.4, -0.2) is 53.8 Å². The summed E-state index contributed by atoms with van der Waals surface area (Å²) in [6.45, 7) is 1.30. The third kappa shape index (κ3) is 3.42. The van der Waals surface area contributed by atoms with E-state index in [0.717, 1.165) is 11.1 Å². The highest BCUT2D eigenvalue weighted by molar-refractivity contribution is 5.90. The summed E-state index contributed by atoms with van der Waals surface area (Å²) in [5.74, 6) is -1.27. The number of carbonyl (C=O) groups is 2. The molecule has 3 aliphatic rings. The van der Waals surface area contributed by atoms with Gasteiger partial charge in [0, 0.05) is 6.54 Å². The van der Waals surface area contributed by atoms with Crippen LogP contribution in [0.3, 0.4) is 0 Å². The number of carboxylic acids is 1. The summed E-state index contributed by atoms with van der Waals surface area (Å²) >= 11 is 0. The minimum absolute atomic E-state index is 0.140. The second kappa shape index (κ2) is 7.98. The van der Waals surface area contributed by atoms with Crippen molar-refractivity contribution in [2.45, 2.75) is 24.7 Å². The van der Waals surface area contributed by atoms with Crippen molar-refractivity contribution < 1.29 is 28.9 Å². The monoisotopic (exact) mass is 435 g/mol. The number of hydrogen-bond acceptors (Lipinski definition) is 5. The summed E-state index contributed by atoms with van der Waals surface area (Å²) in [6.07, 6.45) is 3.77. The molecule has 4 atom stereocenters. The number of ether oxygens (including phenoxy) is 3. The van der Waals surface area contributed by atoms with Crippen molar-refractivity contribution in [3.63, 3.8) is 0 Å². The van der Waals surface area contributed by atoms with Crippen LogP contribution >= 0.6 is 0 Å². The lowest BCUT2D eigenvalue weighted by Crippen LogP contribution is -2.39. The minimum Gasteiger partial charge on any atom is -0.493 e. The zero-order valence-corrected chi connectivity index (χ0v) is 17.8. The first kappa shape index (κ1) is 20.6. The third-order valence-electron chi connectivity index (χ3n) is 6.60. The number of nitrogens with zero attached hydrogens (tertiary/aromatic N) is 1. The smallest absolute Gasteiger partial charge is 0.310 e. The quantitative estimate of drug-likeness (QED) is 0.642. The van der Waals surface area contributed by atoms with Gasteiger partial charge in [0.25, 0.3) is 0 Å². The van der Waals surface area contributed by atoms with Crippen molar-refractivity contribution in [1.82, 2.24) is 4.90 Å². The number of carboxylic acid groups (broad SMARTS) is 1. The maximum absolute atomic E-state index is 13.0. The molecule has 4 unspecified atom stereocenters. The fraction of sp³-hybridized carbons (Fsp3) is 0.360. The third-order valence-corrected chi connectivity index (χ3v) is 6.60. The highest BCUT2D eigenvalue weighted by atomic mass is 16.5. The summed E-state index contributed by atoms with van der Waals surface area (Å²) < 4.78 is 17.4. The Morgan fingerprint density at radius 2 is 2.00 bits per heavy atom. The van der Waals surface area contributed by atoms with Gasteiger partial charge in [-0.1, -0.05) is 48.6 Å². The van der Waals surface area contributed by atoms with Gasteiger partial charge in [-0.05, 0) is 29.7 Å². The van der Waals surface area contributed by atoms with E-state index in [1.54, 1.807) is 18.1 Å². The summed E-state index contributed by atoms with van der Waals surface area (Å²) in [6, 6.07) is 15.6. The normalized spacial score (nSPS) is 27.6. The maximum atomic E-state index is 13.0. The molecule has 7 nitrogen and oxygen atoms in total. The Morgan fingerprint density at radius 3 is 2.75 bits per heavy atom. The van der Waals surface area contributed by atoms with Crippen LogP contribution < -0.4 is 9.47 Å². The number of likely N-dealkylation sites (tertiary alicyclic amines) is 1. The summed E-state index contributed by atoms with van der Waals surface area (Å²) in [5, 5.41) is 9.59. The average Bonchev–Trinajstić information content (AvgIpc) is 3.45. The predicted octanol–water partition coefficient (Wildman–Crippen LogP) is 2.68. The summed E-state index contributed by atoms with van der Waals surface area (Å²) in [7, 11) is 1.60. The molecule has 5 rings (SSSR count). The van der Waals surface area contributed by atoms with Crippen molar-refractivity contribution in [2.24, 2.45) is 11.8 Å². The highest BCUT2D eigenvalue weighted by Gasteiger charge is 2.66. The number of hydrogen-bond donors (Lipinski definition) is 1. The zero-order valence-electron chi connectivity index (χ0n) is 17.8. The maximum Gasteiger partial charge on any atom is 0.310 e. The van der Waals surface area contributed by atoms with Crippen molar-refractivity contribution in [2.75, 3.05) is 20.2 Å². The molecule has 3 heterocycles. The lowest BCUT2D eigenvalue weighted by atomic mass is 9.77. The van der Waals surface area contributed by atoms with Gasteiger partial charge < -0.3 is 24.2 Å². The number of benzene rings is 2. The number of rotatable bonds is 8. The van der Waals surface area contributed by atoms with E-state index < -0.39 is 29.5 Å². The Hall–Kier alpha value is -3.32. The van der Waals surface area contributed by atoms with Gasteiger partial charge in [-0.3, -0.25) is 9.59 Å². The van der Waals surface area contributed by atoms with Gasteiger partial charge in [-0.25, -0.2) is 0 Å². The fourth-order valence-electron chi connectivity index (χ4n) is 5.04. The highest BCUT2D eigenvalue weighted by Crippen LogP contribution is 2.51. The second-order valence-electron chi connectivity index (χ2n) is 8.51. The molecule has 0 saturated carbocycles. The van der Waals surface area contributed by atoms with Crippen LogP contribution in [0.5, 0.6) is 11.5 Å². The molecule has 2 bridgehead atoms. The van der Waals surface area contributed by atoms with Gasteiger partial charge in [0.05, 0.1) is 25.7 Å². The molecular weight excluding hydrogens is 410 g/mol. The molecule has 2 fully saturated rings. The number of fused-ring (bicyclic) bond motifs is 1. The lowest BCUT2D eigenvalue weighted by Gasteiger charge is -2.21. The minimum atomic E-state index is -0.975. The first-order valence-corrected chi connectivity index (χ1v) is 10.7. The van der Waals surface area contributed by atoms with Crippen LogP contribution in [-0.2, 0) is 27.4 Å². The molecule has 166 valence electrons. The van der Waals surface area contributed by atoms with Crippen molar-refractivity contribution in [1.29, 1.82) is 0 Å². The van der Waals surface area contributed by atoms with E-state index in [4.69, 9.17) is 14.2 Å². The molecule has 1 amide bonds. The van der Waals surface area contributed by atoms with E-state index in [0.29, 0.717) is 37.6 Å². The Morgan fingerprint density at radius 1 is 1.19 bits per heavy atom. The Kier molecular flexibility index (Phi) is 5.13. The topological polar surface area (TPSA) is 85.3 Å². The molecule has 1 spiro atoms. The van der Waals surface area contributed by atoms with E-state index in [1.165, 1.54) is 0 Å². The second-order valence-corrected chi connectivity index (χ2v) is 8.51. The number of aliphatic carboxylic acids is 1. The molecule has 3 aliphatic heterocycles. The molecule has 2 aromatic carbocycles. The molecule has 32 heavy (non-hydrogen) atoms. The first-order chi connectivity index (χ1) is 15.5. The standard InChI is InChI=1S/C25H25NO6/c1-30-18-8-7-16(13-20(18)31-14-17-5-3-2-4-6-17)10-12-26-15-25-11-9-19(32-25)21(24(28)29)22(25)23(26)27/h2-9,11,13,19,21-22H,10,12,14-15H2,1H3,(H,28,29). The number of methoxy groups -OCH3 is 1. The van der Waals surface area contributed by atoms with Crippen LogP contribution in [0, 0.1) is 11.8 Å². The Labute approximate surface area is 186 Å². The summed E-state index contributed by atoms with van der Waals surface area (Å²) in [5.41, 5.74) is 1.27. The largest absolute Gasteiger partial charge is 0.493 e. The van der Waals surface area contributed by atoms with Crippen molar-refractivity contribution >= 4 is 11.9 Å². The van der Waals surface area contributed by atoms with E-state index >= 15 is 0 Å². The van der Waals surface area contributed by atoms with E-state index in [9.17, 15) is 14.7 Å². The molecular formula is C25H25NO6. The average molecular weight is 435 g/mol. The molecule has 0 aliphatic carbocycles.